The highest BCUT2D eigenvalue weighted by Gasteiger charge is 2.20. The highest BCUT2D eigenvalue weighted by Crippen LogP contribution is 2.25. The number of carbonyl (C=O) groups excluding carboxylic acids is 1. The smallest absolute Gasteiger partial charge is 0.233 e. The summed E-state index contributed by atoms with van der Waals surface area (Å²) >= 11 is 1.41. The molecule has 7 heteroatoms. The van der Waals surface area contributed by atoms with Gasteiger partial charge in [0.2, 0.25) is 5.91 Å². The molecule has 2 aromatic rings. The molecular weight excluding hydrogens is 368 g/mol. The minimum Gasteiger partial charge on any atom is -0.338 e. The quantitative estimate of drug-likeness (QED) is 0.597. The Hall–Kier alpha value is -1.89. The number of imidazole rings is 1. The molecule has 0 aliphatic heterocycles. The van der Waals surface area contributed by atoms with Crippen LogP contribution in [0.5, 0.6) is 0 Å². The number of amides is 1. The first-order chi connectivity index (χ1) is 12.8. The van der Waals surface area contributed by atoms with Crippen molar-refractivity contribution in [3.05, 3.63) is 46.8 Å². The maximum absolute atomic E-state index is 13.5. The Morgan fingerprint density at radius 2 is 2.00 bits per heavy atom. The number of aromatic nitrogens is 2. The van der Waals surface area contributed by atoms with E-state index in [0.717, 1.165) is 48.1 Å². The minimum atomic E-state index is -0.904. The fourth-order valence-electron chi connectivity index (χ4n) is 2.75. The van der Waals surface area contributed by atoms with Crippen molar-refractivity contribution < 1.29 is 13.6 Å². The zero-order valence-corrected chi connectivity index (χ0v) is 17.4. The number of benzene rings is 1. The predicted octanol–water partition coefficient (Wildman–Crippen LogP) is 4.89. The van der Waals surface area contributed by atoms with Crippen LogP contribution in [0.2, 0.25) is 0 Å². The van der Waals surface area contributed by atoms with E-state index in [4.69, 9.17) is 0 Å². The van der Waals surface area contributed by atoms with Crippen molar-refractivity contribution in [3.63, 3.8) is 0 Å². The van der Waals surface area contributed by atoms with E-state index in [1.807, 2.05) is 13.8 Å². The normalized spacial score (nSPS) is 12.3. The molecule has 1 heterocycles. The summed E-state index contributed by atoms with van der Waals surface area (Å²) in [6.07, 6.45) is 2.15. The van der Waals surface area contributed by atoms with Gasteiger partial charge in [0, 0.05) is 19.3 Å². The molecular formula is C20H27F2N3OS. The van der Waals surface area contributed by atoms with Crippen LogP contribution in [-0.2, 0) is 11.3 Å². The van der Waals surface area contributed by atoms with Crippen molar-refractivity contribution >= 4 is 17.7 Å². The lowest BCUT2D eigenvalue weighted by Crippen LogP contribution is -2.31. The zero-order valence-electron chi connectivity index (χ0n) is 16.6. The maximum atomic E-state index is 13.5. The van der Waals surface area contributed by atoms with Gasteiger partial charge >= 0.3 is 0 Å². The van der Waals surface area contributed by atoms with Crippen LogP contribution in [0.25, 0.3) is 0 Å². The van der Waals surface area contributed by atoms with Gasteiger partial charge in [-0.25, -0.2) is 13.8 Å². The van der Waals surface area contributed by atoms with Crippen molar-refractivity contribution in [2.75, 3.05) is 12.8 Å². The molecule has 1 atom stereocenters. The Labute approximate surface area is 164 Å². The molecule has 1 amide bonds. The van der Waals surface area contributed by atoms with Crippen molar-refractivity contribution in [3.8, 4) is 0 Å². The van der Waals surface area contributed by atoms with E-state index in [9.17, 15) is 13.6 Å². The summed E-state index contributed by atoms with van der Waals surface area (Å²) < 4.78 is 28.8. The monoisotopic (exact) mass is 395 g/mol. The lowest BCUT2D eigenvalue weighted by atomic mass is 10.1. The number of halogens is 2. The molecule has 0 saturated heterocycles. The number of aryl methyl sites for hydroxylation is 1. The molecule has 1 aromatic carbocycles. The van der Waals surface area contributed by atoms with Crippen LogP contribution in [0, 0.1) is 25.5 Å². The van der Waals surface area contributed by atoms with Gasteiger partial charge in [-0.3, -0.25) is 4.79 Å². The lowest BCUT2D eigenvalue weighted by molar-refractivity contribution is -0.128. The first-order valence-electron chi connectivity index (χ1n) is 9.13. The summed E-state index contributed by atoms with van der Waals surface area (Å²) in [6.45, 7) is 8.85. The molecule has 0 radical (unpaired) electrons. The average Bonchev–Trinajstić information content (AvgIpc) is 2.92. The number of carbonyl (C=O) groups is 1. The molecule has 0 aliphatic rings. The van der Waals surface area contributed by atoms with Crippen LogP contribution in [0.1, 0.15) is 49.7 Å². The van der Waals surface area contributed by atoms with Crippen molar-refractivity contribution in [1.82, 2.24) is 14.5 Å². The Morgan fingerprint density at radius 3 is 2.63 bits per heavy atom. The van der Waals surface area contributed by atoms with Gasteiger partial charge in [0.25, 0.3) is 0 Å². The second-order valence-corrected chi connectivity index (χ2v) is 7.66. The van der Waals surface area contributed by atoms with Crippen LogP contribution in [0.3, 0.4) is 0 Å². The van der Waals surface area contributed by atoms with Gasteiger partial charge in [0.15, 0.2) is 16.8 Å². The van der Waals surface area contributed by atoms with Gasteiger partial charge in [-0.05, 0) is 44.9 Å². The van der Waals surface area contributed by atoms with Crippen LogP contribution >= 0.6 is 11.8 Å². The van der Waals surface area contributed by atoms with Crippen LogP contribution < -0.4 is 0 Å². The fourth-order valence-corrected chi connectivity index (χ4v) is 3.79. The van der Waals surface area contributed by atoms with E-state index in [2.05, 4.69) is 16.5 Å². The van der Waals surface area contributed by atoms with Gasteiger partial charge in [0.1, 0.15) is 0 Å². The molecule has 27 heavy (non-hydrogen) atoms. The summed E-state index contributed by atoms with van der Waals surface area (Å²) in [7, 11) is 1.68. The van der Waals surface area contributed by atoms with Crippen molar-refractivity contribution in [1.29, 1.82) is 0 Å². The number of hydrogen-bond acceptors (Lipinski definition) is 3. The molecule has 0 aliphatic carbocycles. The molecule has 0 bridgehead atoms. The second kappa shape index (κ2) is 9.35. The Balaban J connectivity index is 2.04. The third-order valence-electron chi connectivity index (χ3n) is 4.88. The summed E-state index contributed by atoms with van der Waals surface area (Å²) in [6, 6.07) is 3.38. The number of rotatable bonds is 8. The maximum Gasteiger partial charge on any atom is 0.233 e. The predicted molar refractivity (Wildman–Crippen MR) is 105 cm³/mol. The highest BCUT2D eigenvalue weighted by atomic mass is 32.2. The Morgan fingerprint density at radius 1 is 1.30 bits per heavy atom. The topological polar surface area (TPSA) is 38.1 Å². The van der Waals surface area contributed by atoms with Gasteiger partial charge in [0.05, 0.1) is 17.5 Å². The summed E-state index contributed by atoms with van der Waals surface area (Å²) in [5.74, 6) is -1.64. The first kappa shape index (κ1) is 21.4. The molecule has 0 spiro atoms. The van der Waals surface area contributed by atoms with Gasteiger partial charge < -0.3 is 9.47 Å². The van der Waals surface area contributed by atoms with Gasteiger partial charge in [-0.1, -0.05) is 31.2 Å². The van der Waals surface area contributed by atoms with Crippen LogP contribution in [0.15, 0.2) is 23.4 Å². The Kier molecular flexibility index (Phi) is 7.41. The number of nitrogens with zero attached hydrogens (tertiary/aromatic N) is 3. The van der Waals surface area contributed by atoms with Gasteiger partial charge in [-0.2, -0.15) is 0 Å². The molecule has 0 N–H and O–H groups in total. The summed E-state index contributed by atoms with van der Waals surface area (Å²) in [5, 5.41) is 0.848. The third-order valence-corrected chi connectivity index (χ3v) is 5.84. The van der Waals surface area contributed by atoms with Crippen molar-refractivity contribution in [2.45, 2.75) is 58.3 Å². The van der Waals surface area contributed by atoms with E-state index in [0.29, 0.717) is 5.56 Å². The van der Waals surface area contributed by atoms with E-state index in [-0.39, 0.29) is 17.7 Å². The van der Waals surface area contributed by atoms with E-state index >= 15 is 0 Å². The molecule has 0 fully saturated rings. The standard InChI is InChI=1S/C20H27F2N3OS/c1-6-7-10-25-14(3)13(2)23-20(25)27-12-19(26)24(5)15(4)16-8-9-17(21)18(22)11-16/h8-9,11,15H,6-7,10,12H2,1-5H3. The van der Waals surface area contributed by atoms with Gasteiger partial charge in [-0.15, -0.1) is 0 Å². The number of thioether (sulfide) groups is 1. The Bertz CT molecular complexity index is 807. The van der Waals surface area contributed by atoms with E-state index < -0.39 is 11.6 Å². The average molecular weight is 396 g/mol. The largest absolute Gasteiger partial charge is 0.338 e. The number of hydrogen-bond donors (Lipinski definition) is 0. The fraction of sp³-hybridized carbons (Fsp3) is 0.500. The van der Waals surface area contributed by atoms with Crippen LogP contribution in [0.4, 0.5) is 8.78 Å². The van der Waals surface area contributed by atoms with E-state index in [1.54, 1.807) is 18.9 Å². The third kappa shape index (κ3) is 5.09. The summed E-state index contributed by atoms with van der Waals surface area (Å²) in [4.78, 5) is 18.7. The molecule has 1 aromatic heterocycles. The molecule has 4 nitrogen and oxygen atoms in total. The first-order valence-corrected chi connectivity index (χ1v) is 10.1. The minimum absolute atomic E-state index is 0.0856. The van der Waals surface area contributed by atoms with E-state index in [1.165, 1.54) is 17.8 Å². The van der Waals surface area contributed by atoms with Crippen molar-refractivity contribution in [2.24, 2.45) is 0 Å². The molecule has 2 rings (SSSR count). The highest BCUT2D eigenvalue weighted by molar-refractivity contribution is 7.99. The molecule has 1 unspecified atom stereocenters. The SMILES string of the molecule is CCCCn1c(SCC(=O)N(C)C(C)c2ccc(F)c(F)c2)nc(C)c1C. The molecule has 0 saturated carbocycles. The molecule has 148 valence electrons. The zero-order chi connectivity index (χ0) is 20.1. The number of unbranched alkanes of at least 4 members (excludes halogenated alkanes) is 1. The second-order valence-electron chi connectivity index (χ2n) is 6.71. The summed E-state index contributed by atoms with van der Waals surface area (Å²) in [5.41, 5.74) is 2.66. The lowest BCUT2D eigenvalue weighted by Gasteiger charge is -2.25. The van der Waals surface area contributed by atoms with Crippen LogP contribution in [-0.4, -0.2) is 33.2 Å².